The average molecular weight is 342 g/mol. The number of nitrogens with zero attached hydrogens (tertiary/aromatic N) is 2. The standard InChI is InChI=1S/C14H20BrN3O2/c1-2-17-7-5-11(6-8-17)10-16-14-4-3-12(18(19)20)9-13(14)15/h3-4,9,11,16H,2,5-8,10H2,1H3. The van der Waals surface area contributed by atoms with Gasteiger partial charge in [0.2, 0.25) is 0 Å². The third kappa shape index (κ3) is 3.93. The lowest BCUT2D eigenvalue weighted by atomic mass is 9.97. The number of rotatable bonds is 5. The molecule has 2 rings (SSSR count). The lowest BCUT2D eigenvalue weighted by Crippen LogP contribution is -2.35. The van der Waals surface area contributed by atoms with Crippen LogP contribution in [0, 0.1) is 16.0 Å². The Kier molecular flexibility index (Phi) is 5.37. The molecule has 0 saturated carbocycles. The molecule has 6 heteroatoms. The van der Waals surface area contributed by atoms with Crippen LogP contribution in [0.15, 0.2) is 22.7 Å². The molecule has 0 spiro atoms. The van der Waals surface area contributed by atoms with Crippen LogP contribution >= 0.6 is 15.9 Å². The first-order chi connectivity index (χ1) is 9.60. The number of nitro groups is 1. The molecule has 1 aromatic rings. The summed E-state index contributed by atoms with van der Waals surface area (Å²) >= 11 is 3.39. The van der Waals surface area contributed by atoms with Gasteiger partial charge in [0.15, 0.2) is 0 Å². The van der Waals surface area contributed by atoms with Crippen LogP contribution in [-0.2, 0) is 0 Å². The third-order valence-corrected chi connectivity index (χ3v) is 4.56. The van der Waals surface area contributed by atoms with Crippen molar-refractivity contribution in [2.75, 3.05) is 31.5 Å². The second-order valence-electron chi connectivity index (χ2n) is 5.18. The molecule has 0 atom stereocenters. The van der Waals surface area contributed by atoms with Crippen molar-refractivity contribution in [2.45, 2.75) is 19.8 Å². The van der Waals surface area contributed by atoms with Crippen molar-refractivity contribution in [3.05, 3.63) is 32.8 Å². The summed E-state index contributed by atoms with van der Waals surface area (Å²) in [5.74, 6) is 0.680. The fourth-order valence-corrected chi connectivity index (χ4v) is 3.03. The predicted octanol–water partition coefficient (Wildman–Crippen LogP) is 3.50. The summed E-state index contributed by atoms with van der Waals surface area (Å²) in [6.45, 7) is 6.60. The second kappa shape index (κ2) is 7.04. The Morgan fingerprint density at radius 3 is 2.70 bits per heavy atom. The Balaban J connectivity index is 1.87. The lowest BCUT2D eigenvalue weighted by molar-refractivity contribution is -0.384. The Bertz CT molecular complexity index is 473. The normalized spacial score (nSPS) is 17.1. The summed E-state index contributed by atoms with van der Waals surface area (Å²) in [5.41, 5.74) is 1.03. The number of non-ortho nitro benzene ring substituents is 1. The summed E-state index contributed by atoms with van der Waals surface area (Å²) < 4.78 is 0.748. The van der Waals surface area contributed by atoms with E-state index >= 15 is 0 Å². The van der Waals surface area contributed by atoms with Crippen LogP contribution in [0.3, 0.4) is 0 Å². The average Bonchev–Trinajstić information content (AvgIpc) is 2.46. The van der Waals surface area contributed by atoms with Crippen LogP contribution < -0.4 is 5.32 Å². The molecule has 1 fully saturated rings. The Hall–Kier alpha value is -1.14. The topological polar surface area (TPSA) is 58.4 Å². The molecule has 0 aromatic heterocycles. The zero-order chi connectivity index (χ0) is 14.5. The minimum Gasteiger partial charge on any atom is -0.384 e. The van der Waals surface area contributed by atoms with Gasteiger partial charge in [-0.1, -0.05) is 6.92 Å². The van der Waals surface area contributed by atoms with Gasteiger partial charge < -0.3 is 10.2 Å². The van der Waals surface area contributed by atoms with Gasteiger partial charge in [-0.25, -0.2) is 0 Å². The van der Waals surface area contributed by atoms with Crippen LogP contribution in [0.2, 0.25) is 0 Å². The highest BCUT2D eigenvalue weighted by Gasteiger charge is 2.18. The molecule has 1 aliphatic heterocycles. The van der Waals surface area contributed by atoms with Crippen molar-refractivity contribution in [1.29, 1.82) is 0 Å². The molecule has 0 bridgehead atoms. The van der Waals surface area contributed by atoms with E-state index in [4.69, 9.17) is 0 Å². The first-order valence-electron chi connectivity index (χ1n) is 7.00. The molecule has 0 aliphatic carbocycles. The fourth-order valence-electron chi connectivity index (χ4n) is 2.52. The van der Waals surface area contributed by atoms with Crippen LogP contribution in [-0.4, -0.2) is 36.0 Å². The molecular weight excluding hydrogens is 322 g/mol. The van der Waals surface area contributed by atoms with Crippen LogP contribution in [0.4, 0.5) is 11.4 Å². The van der Waals surface area contributed by atoms with E-state index in [1.165, 1.54) is 32.0 Å². The Morgan fingerprint density at radius 2 is 2.15 bits per heavy atom. The summed E-state index contributed by atoms with van der Waals surface area (Å²) in [6.07, 6.45) is 2.43. The highest BCUT2D eigenvalue weighted by atomic mass is 79.9. The van der Waals surface area contributed by atoms with Crippen molar-refractivity contribution < 1.29 is 4.92 Å². The first kappa shape index (κ1) is 15.3. The molecule has 0 amide bonds. The van der Waals surface area contributed by atoms with E-state index in [0.717, 1.165) is 23.2 Å². The number of anilines is 1. The van der Waals surface area contributed by atoms with Gasteiger partial charge in [-0.05, 0) is 60.4 Å². The van der Waals surface area contributed by atoms with E-state index in [1.807, 2.05) is 0 Å². The monoisotopic (exact) mass is 341 g/mol. The maximum absolute atomic E-state index is 10.7. The zero-order valence-electron chi connectivity index (χ0n) is 11.6. The molecule has 1 aromatic carbocycles. The molecule has 1 saturated heterocycles. The van der Waals surface area contributed by atoms with E-state index in [1.54, 1.807) is 12.1 Å². The molecule has 1 aliphatic rings. The van der Waals surface area contributed by atoms with Gasteiger partial charge in [0.05, 0.1) is 4.92 Å². The predicted molar refractivity (Wildman–Crippen MR) is 84.1 cm³/mol. The van der Waals surface area contributed by atoms with Gasteiger partial charge in [0.25, 0.3) is 5.69 Å². The number of benzene rings is 1. The van der Waals surface area contributed by atoms with Crippen LogP contribution in [0.1, 0.15) is 19.8 Å². The minimum atomic E-state index is -0.380. The van der Waals surface area contributed by atoms with Gasteiger partial charge in [-0.3, -0.25) is 10.1 Å². The zero-order valence-corrected chi connectivity index (χ0v) is 13.2. The maximum Gasteiger partial charge on any atom is 0.270 e. The van der Waals surface area contributed by atoms with E-state index in [0.29, 0.717) is 5.92 Å². The minimum absolute atomic E-state index is 0.110. The first-order valence-corrected chi connectivity index (χ1v) is 7.79. The van der Waals surface area contributed by atoms with Gasteiger partial charge in [-0.2, -0.15) is 0 Å². The van der Waals surface area contributed by atoms with Crippen LogP contribution in [0.25, 0.3) is 0 Å². The molecule has 0 unspecified atom stereocenters. The Morgan fingerprint density at radius 1 is 1.45 bits per heavy atom. The largest absolute Gasteiger partial charge is 0.384 e. The van der Waals surface area contributed by atoms with Crippen molar-refractivity contribution in [3.8, 4) is 0 Å². The highest BCUT2D eigenvalue weighted by Crippen LogP contribution is 2.28. The number of nitro benzene ring substituents is 1. The number of piperidine rings is 1. The number of hydrogen-bond acceptors (Lipinski definition) is 4. The molecular formula is C14H20BrN3O2. The summed E-state index contributed by atoms with van der Waals surface area (Å²) in [7, 11) is 0. The second-order valence-corrected chi connectivity index (χ2v) is 6.03. The molecule has 0 radical (unpaired) electrons. The Labute approximate surface area is 127 Å². The molecule has 110 valence electrons. The number of hydrogen-bond donors (Lipinski definition) is 1. The van der Waals surface area contributed by atoms with Crippen molar-refractivity contribution >= 4 is 27.3 Å². The van der Waals surface area contributed by atoms with E-state index < -0.39 is 0 Å². The highest BCUT2D eigenvalue weighted by molar-refractivity contribution is 9.10. The van der Waals surface area contributed by atoms with E-state index in [9.17, 15) is 10.1 Å². The van der Waals surface area contributed by atoms with Crippen molar-refractivity contribution in [1.82, 2.24) is 4.90 Å². The van der Waals surface area contributed by atoms with Gasteiger partial charge in [0, 0.05) is 28.8 Å². The van der Waals surface area contributed by atoms with Gasteiger partial charge in [0.1, 0.15) is 0 Å². The summed E-state index contributed by atoms with van der Waals surface area (Å²) in [5, 5.41) is 14.1. The van der Waals surface area contributed by atoms with Crippen LogP contribution in [0.5, 0.6) is 0 Å². The fraction of sp³-hybridized carbons (Fsp3) is 0.571. The van der Waals surface area contributed by atoms with E-state index in [-0.39, 0.29) is 10.6 Å². The number of likely N-dealkylation sites (tertiary alicyclic amines) is 1. The maximum atomic E-state index is 10.7. The van der Waals surface area contributed by atoms with Gasteiger partial charge in [-0.15, -0.1) is 0 Å². The third-order valence-electron chi connectivity index (χ3n) is 3.90. The van der Waals surface area contributed by atoms with Crippen molar-refractivity contribution in [3.63, 3.8) is 0 Å². The molecule has 1 N–H and O–H groups in total. The molecule has 5 nitrogen and oxygen atoms in total. The SMILES string of the molecule is CCN1CCC(CNc2ccc([N+](=O)[O-])cc2Br)CC1. The number of halogens is 1. The molecule has 1 heterocycles. The van der Waals surface area contributed by atoms with Gasteiger partial charge >= 0.3 is 0 Å². The summed E-state index contributed by atoms with van der Waals surface area (Å²) in [4.78, 5) is 12.8. The number of nitrogens with one attached hydrogen (secondary N) is 1. The summed E-state index contributed by atoms with van der Waals surface area (Å²) in [6, 6.07) is 4.85. The van der Waals surface area contributed by atoms with E-state index in [2.05, 4.69) is 33.1 Å². The smallest absolute Gasteiger partial charge is 0.270 e. The molecule has 20 heavy (non-hydrogen) atoms. The quantitative estimate of drug-likeness (QED) is 0.657. The lowest BCUT2D eigenvalue weighted by Gasteiger charge is -2.31. The van der Waals surface area contributed by atoms with Crippen molar-refractivity contribution in [2.24, 2.45) is 5.92 Å².